The SMILES string of the molecule is COC(=O)c1occc1CN1CC(C)C(C(=O)OC)C1. The van der Waals surface area contributed by atoms with Gasteiger partial charge in [-0.3, -0.25) is 9.69 Å². The molecule has 1 fully saturated rings. The van der Waals surface area contributed by atoms with E-state index in [1.807, 2.05) is 6.92 Å². The number of likely N-dealkylation sites (tertiary alicyclic amines) is 1. The Morgan fingerprint density at radius 3 is 2.75 bits per heavy atom. The van der Waals surface area contributed by atoms with E-state index in [0.717, 1.165) is 12.1 Å². The molecule has 1 aliphatic rings. The number of rotatable bonds is 4. The molecule has 1 saturated heterocycles. The summed E-state index contributed by atoms with van der Waals surface area (Å²) in [5.74, 6) is -0.326. The standard InChI is InChI=1S/C14H19NO5/c1-9-6-15(8-11(9)13(16)18-2)7-10-4-5-20-12(10)14(17)19-3/h4-5,9,11H,6-8H2,1-3H3. The second-order valence-electron chi connectivity index (χ2n) is 5.07. The lowest BCUT2D eigenvalue weighted by Gasteiger charge is -2.14. The van der Waals surface area contributed by atoms with Crippen molar-refractivity contribution in [2.45, 2.75) is 13.5 Å². The van der Waals surface area contributed by atoms with Gasteiger partial charge in [0.05, 0.1) is 26.4 Å². The third kappa shape index (κ3) is 2.85. The van der Waals surface area contributed by atoms with Gasteiger partial charge in [0, 0.05) is 25.2 Å². The highest BCUT2D eigenvalue weighted by molar-refractivity contribution is 5.87. The van der Waals surface area contributed by atoms with E-state index < -0.39 is 5.97 Å². The summed E-state index contributed by atoms with van der Waals surface area (Å²) in [6, 6.07) is 1.75. The molecule has 6 nitrogen and oxygen atoms in total. The van der Waals surface area contributed by atoms with Crippen LogP contribution in [-0.2, 0) is 20.8 Å². The van der Waals surface area contributed by atoms with Crippen LogP contribution in [0.1, 0.15) is 23.0 Å². The number of ether oxygens (including phenoxy) is 2. The minimum atomic E-state index is -0.484. The predicted octanol–water partition coefficient (Wildman–Crippen LogP) is 1.31. The zero-order valence-corrected chi connectivity index (χ0v) is 11.9. The minimum absolute atomic E-state index is 0.117. The third-order valence-electron chi connectivity index (χ3n) is 3.70. The molecular weight excluding hydrogens is 262 g/mol. The number of carbonyl (C=O) groups excluding carboxylic acids is 2. The molecule has 0 N–H and O–H groups in total. The van der Waals surface area contributed by atoms with Crippen LogP contribution in [0.4, 0.5) is 0 Å². The predicted molar refractivity (Wildman–Crippen MR) is 70.0 cm³/mol. The van der Waals surface area contributed by atoms with Crippen molar-refractivity contribution < 1.29 is 23.5 Å². The van der Waals surface area contributed by atoms with Crippen LogP contribution in [-0.4, -0.2) is 44.1 Å². The topological polar surface area (TPSA) is 69.0 Å². The Labute approximate surface area is 117 Å². The second kappa shape index (κ2) is 6.09. The first-order valence-electron chi connectivity index (χ1n) is 6.51. The molecule has 0 aromatic carbocycles. The highest BCUT2D eigenvalue weighted by atomic mass is 16.5. The van der Waals surface area contributed by atoms with Gasteiger partial charge in [0.15, 0.2) is 0 Å². The van der Waals surface area contributed by atoms with Gasteiger partial charge in [-0.25, -0.2) is 4.79 Å². The average Bonchev–Trinajstić information content (AvgIpc) is 3.04. The Balaban J connectivity index is 2.04. The van der Waals surface area contributed by atoms with Crippen molar-refractivity contribution in [2.24, 2.45) is 11.8 Å². The van der Waals surface area contributed by atoms with Crippen LogP contribution in [0.15, 0.2) is 16.7 Å². The smallest absolute Gasteiger partial charge is 0.374 e. The summed E-state index contributed by atoms with van der Waals surface area (Å²) < 4.78 is 14.6. The number of carbonyl (C=O) groups is 2. The minimum Gasteiger partial charge on any atom is -0.469 e. The molecule has 2 rings (SSSR count). The summed E-state index contributed by atoms with van der Waals surface area (Å²) in [4.78, 5) is 25.3. The van der Waals surface area contributed by atoms with E-state index in [1.54, 1.807) is 6.07 Å². The summed E-state index contributed by atoms with van der Waals surface area (Å²) in [6.45, 7) is 3.99. The van der Waals surface area contributed by atoms with Gasteiger partial charge < -0.3 is 13.9 Å². The number of esters is 2. The maximum atomic E-state index is 11.7. The van der Waals surface area contributed by atoms with Crippen molar-refractivity contribution in [1.29, 1.82) is 0 Å². The van der Waals surface area contributed by atoms with Gasteiger partial charge >= 0.3 is 11.9 Å². The second-order valence-corrected chi connectivity index (χ2v) is 5.07. The first-order valence-corrected chi connectivity index (χ1v) is 6.51. The van der Waals surface area contributed by atoms with Crippen LogP contribution < -0.4 is 0 Å². The van der Waals surface area contributed by atoms with E-state index in [2.05, 4.69) is 9.64 Å². The fourth-order valence-electron chi connectivity index (χ4n) is 2.63. The van der Waals surface area contributed by atoms with Gasteiger partial charge in [-0.1, -0.05) is 6.92 Å². The van der Waals surface area contributed by atoms with Gasteiger partial charge in [-0.05, 0) is 12.0 Å². The van der Waals surface area contributed by atoms with Gasteiger partial charge in [-0.15, -0.1) is 0 Å². The molecular formula is C14H19NO5. The van der Waals surface area contributed by atoms with Crippen molar-refractivity contribution in [1.82, 2.24) is 4.90 Å². The van der Waals surface area contributed by atoms with Crippen LogP contribution in [0.5, 0.6) is 0 Å². The summed E-state index contributed by atoms with van der Waals surface area (Å²) in [7, 11) is 2.73. The summed E-state index contributed by atoms with van der Waals surface area (Å²) >= 11 is 0. The molecule has 2 unspecified atom stereocenters. The van der Waals surface area contributed by atoms with Crippen LogP contribution in [0.3, 0.4) is 0 Å². The third-order valence-corrected chi connectivity index (χ3v) is 3.70. The number of furan rings is 1. The van der Waals surface area contributed by atoms with E-state index in [-0.39, 0.29) is 23.6 Å². The Morgan fingerprint density at radius 1 is 1.35 bits per heavy atom. The maximum Gasteiger partial charge on any atom is 0.374 e. The zero-order chi connectivity index (χ0) is 14.7. The fourth-order valence-corrected chi connectivity index (χ4v) is 2.63. The molecule has 0 radical (unpaired) electrons. The lowest BCUT2D eigenvalue weighted by Crippen LogP contribution is -2.24. The molecule has 110 valence electrons. The van der Waals surface area contributed by atoms with Gasteiger partial charge in [0.2, 0.25) is 5.76 Å². The summed E-state index contributed by atoms with van der Waals surface area (Å²) in [6.07, 6.45) is 1.47. The van der Waals surface area contributed by atoms with E-state index in [9.17, 15) is 9.59 Å². The molecule has 0 spiro atoms. The van der Waals surface area contributed by atoms with Gasteiger partial charge in [-0.2, -0.15) is 0 Å². The van der Waals surface area contributed by atoms with Gasteiger partial charge in [0.1, 0.15) is 0 Å². The Morgan fingerprint density at radius 2 is 2.10 bits per heavy atom. The maximum absolute atomic E-state index is 11.7. The molecule has 1 aromatic heterocycles. The number of nitrogens with zero attached hydrogens (tertiary/aromatic N) is 1. The van der Waals surface area contributed by atoms with E-state index in [0.29, 0.717) is 13.1 Å². The molecule has 2 heterocycles. The summed E-state index contributed by atoms with van der Waals surface area (Å²) in [5.41, 5.74) is 0.773. The molecule has 0 saturated carbocycles. The average molecular weight is 281 g/mol. The lowest BCUT2D eigenvalue weighted by atomic mass is 9.99. The van der Waals surface area contributed by atoms with E-state index in [4.69, 9.17) is 9.15 Å². The summed E-state index contributed by atoms with van der Waals surface area (Å²) in [5, 5.41) is 0. The van der Waals surface area contributed by atoms with Crippen molar-refractivity contribution in [3.8, 4) is 0 Å². The van der Waals surface area contributed by atoms with E-state index >= 15 is 0 Å². The van der Waals surface area contributed by atoms with Crippen molar-refractivity contribution in [3.63, 3.8) is 0 Å². The zero-order valence-electron chi connectivity index (χ0n) is 11.9. The first kappa shape index (κ1) is 14.6. The molecule has 0 amide bonds. The first-order chi connectivity index (χ1) is 9.56. The van der Waals surface area contributed by atoms with Crippen molar-refractivity contribution >= 4 is 11.9 Å². The van der Waals surface area contributed by atoms with Gasteiger partial charge in [0.25, 0.3) is 0 Å². The quantitative estimate of drug-likeness (QED) is 0.775. The number of hydrogen-bond donors (Lipinski definition) is 0. The number of hydrogen-bond acceptors (Lipinski definition) is 6. The monoisotopic (exact) mass is 281 g/mol. The van der Waals surface area contributed by atoms with Crippen LogP contribution in [0, 0.1) is 11.8 Å². The van der Waals surface area contributed by atoms with Crippen LogP contribution in [0.25, 0.3) is 0 Å². The normalized spacial score (nSPS) is 22.8. The fraction of sp³-hybridized carbons (Fsp3) is 0.571. The lowest BCUT2D eigenvalue weighted by molar-refractivity contribution is -0.146. The molecule has 1 aliphatic heterocycles. The Kier molecular flexibility index (Phi) is 4.44. The molecule has 1 aromatic rings. The van der Waals surface area contributed by atoms with Crippen molar-refractivity contribution in [2.75, 3.05) is 27.3 Å². The largest absolute Gasteiger partial charge is 0.469 e. The van der Waals surface area contributed by atoms with E-state index in [1.165, 1.54) is 20.5 Å². The molecule has 0 bridgehead atoms. The molecule has 6 heteroatoms. The Hall–Kier alpha value is -1.82. The van der Waals surface area contributed by atoms with Crippen LogP contribution in [0.2, 0.25) is 0 Å². The molecule has 2 atom stereocenters. The molecule has 0 aliphatic carbocycles. The highest BCUT2D eigenvalue weighted by Crippen LogP contribution is 2.26. The highest BCUT2D eigenvalue weighted by Gasteiger charge is 2.36. The number of methoxy groups -OCH3 is 2. The van der Waals surface area contributed by atoms with Crippen LogP contribution >= 0.6 is 0 Å². The Bertz CT molecular complexity index is 496. The molecule has 20 heavy (non-hydrogen) atoms. The van der Waals surface area contributed by atoms with Crippen molar-refractivity contribution in [3.05, 3.63) is 23.7 Å².